The highest BCUT2D eigenvalue weighted by molar-refractivity contribution is 5.83. The van der Waals surface area contributed by atoms with Gasteiger partial charge in [-0.1, -0.05) is 6.92 Å². The third-order valence-electron chi connectivity index (χ3n) is 4.22. The zero-order valence-electron chi connectivity index (χ0n) is 12.6. The monoisotopic (exact) mass is 274 g/mol. The Balaban J connectivity index is 2.02. The van der Waals surface area contributed by atoms with Crippen LogP contribution in [0.25, 0.3) is 0 Å². The van der Waals surface area contributed by atoms with Gasteiger partial charge in [0.2, 0.25) is 5.91 Å². The van der Waals surface area contributed by atoms with E-state index in [0.717, 1.165) is 38.2 Å². The van der Waals surface area contributed by atoms with Crippen LogP contribution in [0.15, 0.2) is 18.3 Å². The first-order valence-electron chi connectivity index (χ1n) is 7.45. The Morgan fingerprint density at radius 2 is 2.20 bits per heavy atom. The van der Waals surface area contributed by atoms with E-state index in [0.29, 0.717) is 0 Å². The number of nitrogens with one attached hydrogen (secondary N) is 1. The van der Waals surface area contributed by atoms with Gasteiger partial charge in [0.1, 0.15) is 5.82 Å². The number of rotatable bonds is 4. The zero-order chi connectivity index (χ0) is 14.6. The SMILES string of the molecule is CCC1(C(=O)NC(C)C)CCN(c2cc[c]cn2)CC1. The molecule has 0 spiro atoms. The van der Waals surface area contributed by atoms with Crippen LogP contribution in [-0.4, -0.2) is 30.0 Å². The summed E-state index contributed by atoms with van der Waals surface area (Å²) in [5.41, 5.74) is -0.207. The molecule has 0 aromatic carbocycles. The van der Waals surface area contributed by atoms with E-state index in [1.54, 1.807) is 6.20 Å². The topological polar surface area (TPSA) is 45.2 Å². The molecule has 1 aliphatic heterocycles. The molecule has 1 saturated heterocycles. The zero-order valence-corrected chi connectivity index (χ0v) is 12.6. The molecule has 1 radical (unpaired) electrons. The Labute approximate surface area is 121 Å². The van der Waals surface area contributed by atoms with Crippen LogP contribution in [0.5, 0.6) is 0 Å². The molecule has 2 rings (SSSR count). The smallest absolute Gasteiger partial charge is 0.226 e. The highest BCUT2D eigenvalue weighted by Crippen LogP contribution is 2.36. The largest absolute Gasteiger partial charge is 0.357 e. The fourth-order valence-corrected chi connectivity index (χ4v) is 2.82. The van der Waals surface area contributed by atoms with Gasteiger partial charge >= 0.3 is 0 Å². The number of hydrogen-bond donors (Lipinski definition) is 1. The molecule has 1 amide bonds. The molecule has 1 aromatic rings. The van der Waals surface area contributed by atoms with E-state index in [4.69, 9.17) is 0 Å². The number of pyridine rings is 1. The summed E-state index contributed by atoms with van der Waals surface area (Å²) in [6, 6.07) is 7.00. The maximum absolute atomic E-state index is 12.5. The Morgan fingerprint density at radius 1 is 1.50 bits per heavy atom. The fraction of sp³-hybridized carbons (Fsp3) is 0.625. The molecule has 0 saturated carbocycles. The van der Waals surface area contributed by atoms with Crippen molar-refractivity contribution in [2.75, 3.05) is 18.0 Å². The molecule has 4 nitrogen and oxygen atoms in total. The molecule has 0 bridgehead atoms. The van der Waals surface area contributed by atoms with E-state index < -0.39 is 0 Å². The number of aromatic nitrogens is 1. The van der Waals surface area contributed by atoms with Crippen LogP contribution in [0.2, 0.25) is 0 Å². The fourth-order valence-electron chi connectivity index (χ4n) is 2.82. The van der Waals surface area contributed by atoms with Gasteiger partial charge in [0.05, 0.1) is 5.41 Å². The first kappa shape index (κ1) is 14.8. The average Bonchev–Trinajstić information content (AvgIpc) is 2.47. The van der Waals surface area contributed by atoms with E-state index in [9.17, 15) is 4.79 Å². The number of nitrogens with zero attached hydrogens (tertiary/aromatic N) is 2. The van der Waals surface area contributed by atoms with E-state index >= 15 is 0 Å². The first-order valence-corrected chi connectivity index (χ1v) is 7.45. The minimum absolute atomic E-state index is 0.204. The molecule has 1 aromatic heterocycles. The predicted molar refractivity (Wildman–Crippen MR) is 80.5 cm³/mol. The second-order valence-corrected chi connectivity index (χ2v) is 5.87. The van der Waals surface area contributed by atoms with Gasteiger partial charge in [0.15, 0.2) is 0 Å². The highest BCUT2D eigenvalue weighted by Gasteiger charge is 2.40. The number of carbonyl (C=O) groups excluding carboxylic acids is 1. The lowest BCUT2D eigenvalue weighted by Crippen LogP contribution is -2.50. The van der Waals surface area contributed by atoms with Gasteiger partial charge in [-0.3, -0.25) is 4.79 Å². The number of amides is 1. The first-order chi connectivity index (χ1) is 9.57. The van der Waals surface area contributed by atoms with Gasteiger partial charge in [-0.25, -0.2) is 4.98 Å². The van der Waals surface area contributed by atoms with Crippen molar-refractivity contribution < 1.29 is 4.79 Å². The Hall–Kier alpha value is -1.58. The van der Waals surface area contributed by atoms with Gasteiger partial charge in [-0.2, -0.15) is 0 Å². The van der Waals surface area contributed by atoms with Crippen LogP contribution < -0.4 is 10.2 Å². The van der Waals surface area contributed by atoms with Crippen LogP contribution in [0.1, 0.15) is 40.0 Å². The van der Waals surface area contributed by atoms with E-state index in [1.165, 1.54) is 0 Å². The summed E-state index contributed by atoms with van der Waals surface area (Å²) in [4.78, 5) is 19.0. The second kappa shape index (κ2) is 6.25. The summed E-state index contributed by atoms with van der Waals surface area (Å²) < 4.78 is 0. The van der Waals surface area contributed by atoms with Gasteiger partial charge in [0, 0.05) is 31.4 Å². The standard InChI is InChI=1S/C16H24N3O/c1-4-16(15(20)18-13(2)3)8-11-19(12-9-16)14-7-5-6-10-17-14/h5,7,10,13H,4,8-9,11-12H2,1-3H3,(H,18,20). The normalized spacial score (nSPS) is 18.1. The van der Waals surface area contributed by atoms with Crippen LogP contribution in [0.4, 0.5) is 5.82 Å². The van der Waals surface area contributed by atoms with Crippen LogP contribution >= 0.6 is 0 Å². The average molecular weight is 274 g/mol. The Kier molecular flexibility index (Phi) is 4.63. The molecule has 4 heteroatoms. The van der Waals surface area contributed by atoms with E-state index in [1.807, 2.05) is 26.0 Å². The van der Waals surface area contributed by atoms with Crippen LogP contribution in [-0.2, 0) is 4.79 Å². The third kappa shape index (κ3) is 3.11. The van der Waals surface area contributed by atoms with Crippen LogP contribution in [0.3, 0.4) is 0 Å². The second-order valence-electron chi connectivity index (χ2n) is 5.87. The van der Waals surface area contributed by atoms with Crippen molar-refractivity contribution in [3.63, 3.8) is 0 Å². The lowest BCUT2D eigenvalue weighted by atomic mass is 9.75. The van der Waals surface area contributed by atoms with Crippen molar-refractivity contribution in [1.82, 2.24) is 10.3 Å². The molecular formula is C16H24N3O. The third-order valence-corrected chi connectivity index (χ3v) is 4.22. The van der Waals surface area contributed by atoms with Crippen molar-refractivity contribution in [1.29, 1.82) is 0 Å². The summed E-state index contributed by atoms with van der Waals surface area (Å²) in [5, 5.41) is 3.08. The predicted octanol–water partition coefficient (Wildman–Crippen LogP) is 2.40. The van der Waals surface area contributed by atoms with Gasteiger partial charge in [-0.05, 0) is 45.2 Å². The quantitative estimate of drug-likeness (QED) is 0.917. The highest BCUT2D eigenvalue weighted by atomic mass is 16.2. The minimum Gasteiger partial charge on any atom is -0.357 e. The molecule has 1 aliphatic rings. The van der Waals surface area contributed by atoms with Gasteiger partial charge in [0.25, 0.3) is 0 Å². The maximum atomic E-state index is 12.5. The molecule has 1 N–H and O–H groups in total. The summed E-state index contributed by atoms with van der Waals surface area (Å²) in [7, 11) is 0. The summed E-state index contributed by atoms with van der Waals surface area (Å²) in [6.45, 7) is 7.92. The molecule has 0 unspecified atom stereocenters. The number of carbonyl (C=O) groups is 1. The maximum Gasteiger partial charge on any atom is 0.226 e. The van der Waals surface area contributed by atoms with Gasteiger partial charge < -0.3 is 10.2 Å². The molecule has 109 valence electrons. The molecule has 1 fully saturated rings. The molecule has 0 aliphatic carbocycles. The Morgan fingerprint density at radius 3 is 2.70 bits per heavy atom. The van der Waals surface area contributed by atoms with Crippen molar-refractivity contribution >= 4 is 11.7 Å². The number of anilines is 1. The van der Waals surface area contributed by atoms with Crippen molar-refractivity contribution in [2.24, 2.45) is 5.41 Å². The van der Waals surface area contributed by atoms with Crippen LogP contribution in [0, 0.1) is 11.5 Å². The van der Waals surface area contributed by atoms with Crippen molar-refractivity contribution in [3.05, 3.63) is 24.4 Å². The van der Waals surface area contributed by atoms with Crippen molar-refractivity contribution in [3.8, 4) is 0 Å². The number of piperidine rings is 1. The summed E-state index contributed by atoms with van der Waals surface area (Å²) >= 11 is 0. The minimum atomic E-state index is -0.207. The summed E-state index contributed by atoms with van der Waals surface area (Å²) in [6.07, 6.45) is 4.38. The van der Waals surface area contributed by atoms with Crippen molar-refractivity contribution in [2.45, 2.75) is 46.1 Å². The molecule has 0 atom stereocenters. The molecule has 2 heterocycles. The summed E-state index contributed by atoms with van der Waals surface area (Å²) in [5.74, 6) is 1.20. The van der Waals surface area contributed by atoms with E-state index in [-0.39, 0.29) is 17.4 Å². The lowest BCUT2D eigenvalue weighted by molar-refractivity contribution is -0.133. The Bertz CT molecular complexity index is 436. The molecule has 20 heavy (non-hydrogen) atoms. The lowest BCUT2D eigenvalue weighted by Gasteiger charge is -2.41. The molecular weight excluding hydrogens is 250 g/mol. The van der Waals surface area contributed by atoms with E-state index in [2.05, 4.69) is 28.2 Å². The number of hydrogen-bond acceptors (Lipinski definition) is 3. The van der Waals surface area contributed by atoms with Gasteiger partial charge in [-0.15, -0.1) is 0 Å².